The lowest BCUT2D eigenvalue weighted by atomic mass is 10.0. The number of rotatable bonds is 8. The van der Waals surface area contributed by atoms with E-state index < -0.39 is 30.4 Å². The third kappa shape index (κ3) is 6.64. The van der Waals surface area contributed by atoms with Crippen LogP contribution < -0.4 is 15.4 Å². The molecule has 0 bridgehead atoms. The molecule has 0 aliphatic heterocycles. The molecule has 7 nitrogen and oxygen atoms in total. The van der Waals surface area contributed by atoms with Crippen LogP contribution in [0.2, 0.25) is 10.0 Å². The average Bonchev–Trinajstić information content (AvgIpc) is 2.70. The van der Waals surface area contributed by atoms with Crippen LogP contribution in [0.3, 0.4) is 0 Å². The molecule has 0 aliphatic rings. The normalized spacial score (nSPS) is 11.5. The number of carbonyl (C=O) groups excluding carboxylic acids is 3. The van der Waals surface area contributed by atoms with Crippen molar-refractivity contribution in [3.8, 4) is 5.75 Å². The maximum Gasteiger partial charge on any atom is 0.329 e. The standard InChI is InChI=1S/C21H22Cl2N2O5/c1-12(2)19(25-20(27)13-4-6-14(22)7-5-13)21(28)30-11-18(26)24-16-10-15(23)8-9-17(16)29-3/h4-10,12,19H,11H2,1-3H3,(H,24,26)(H,25,27)/t19-/m1/s1. The largest absolute Gasteiger partial charge is 0.495 e. The highest BCUT2D eigenvalue weighted by molar-refractivity contribution is 6.31. The maximum absolute atomic E-state index is 12.5. The van der Waals surface area contributed by atoms with Crippen molar-refractivity contribution in [2.24, 2.45) is 5.92 Å². The summed E-state index contributed by atoms with van der Waals surface area (Å²) in [4.78, 5) is 37.0. The van der Waals surface area contributed by atoms with Crippen molar-refractivity contribution in [3.63, 3.8) is 0 Å². The van der Waals surface area contributed by atoms with Crippen LogP contribution in [0.5, 0.6) is 5.75 Å². The van der Waals surface area contributed by atoms with E-state index in [2.05, 4.69) is 10.6 Å². The Morgan fingerprint density at radius 1 is 1.00 bits per heavy atom. The van der Waals surface area contributed by atoms with E-state index in [0.717, 1.165) is 0 Å². The second kappa shape index (κ2) is 10.8. The molecule has 2 aromatic carbocycles. The third-order valence-corrected chi connectivity index (χ3v) is 4.58. The predicted octanol–water partition coefficient (Wildman–Crippen LogP) is 3.94. The molecule has 0 heterocycles. The van der Waals surface area contributed by atoms with Crippen LogP contribution in [-0.4, -0.2) is 37.5 Å². The van der Waals surface area contributed by atoms with Gasteiger partial charge in [-0.3, -0.25) is 9.59 Å². The summed E-state index contributed by atoms with van der Waals surface area (Å²) in [5, 5.41) is 6.10. The molecule has 0 saturated heterocycles. The molecule has 0 unspecified atom stereocenters. The minimum Gasteiger partial charge on any atom is -0.495 e. The number of amides is 2. The summed E-state index contributed by atoms with van der Waals surface area (Å²) in [6.07, 6.45) is 0. The summed E-state index contributed by atoms with van der Waals surface area (Å²) in [5.41, 5.74) is 0.700. The third-order valence-electron chi connectivity index (χ3n) is 4.09. The molecule has 2 N–H and O–H groups in total. The molecule has 0 saturated carbocycles. The van der Waals surface area contributed by atoms with Crippen molar-refractivity contribution in [2.45, 2.75) is 19.9 Å². The first kappa shape index (κ1) is 23.5. The van der Waals surface area contributed by atoms with Gasteiger partial charge in [0.05, 0.1) is 12.8 Å². The lowest BCUT2D eigenvalue weighted by Gasteiger charge is -2.21. The topological polar surface area (TPSA) is 93.7 Å². The van der Waals surface area contributed by atoms with Crippen molar-refractivity contribution in [3.05, 3.63) is 58.1 Å². The SMILES string of the molecule is COc1ccc(Cl)cc1NC(=O)COC(=O)[C@H](NC(=O)c1ccc(Cl)cc1)C(C)C. The number of halogens is 2. The number of anilines is 1. The molecule has 0 fully saturated rings. The smallest absolute Gasteiger partial charge is 0.329 e. The van der Waals surface area contributed by atoms with Crippen molar-refractivity contribution < 1.29 is 23.9 Å². The van der Waals surface area contributed by atoms with E-state index in [4.69, 9.17) is 32.7 Å². The van der Waals surface area contributed by atoms with E-state index in [1.807, 2.05) is 0 Å². The zero-order valence-corrected chi connectivity index (χ0v) is 18.2. The number of ether oxygens (including phenoxy) is 2. The molecule has 2 rings (SSSR count). The van der Waals surface area contributed by atoms with Gasteiger partial charge in [0, 0.05) is 15.6 Å². The van der Waals surface area contributed by atoms with Gasteiger partial charge >= 0.3 is 5.97 Å². The lowest BCUT2D eigenvalue weighted by molar-refractivity contribution is -0.150. The summed E-state index contributed by atoms with van der Waals surface area (Å²) >= 11 is 11.7. The first-order valence-electron chi connectivity index (χ1n) is 9.07. The van der Waals surface area contributed by atoms with Crippen LogP contribution in [0, 0.1) is 5.92 Å². The van der Waals surface area contributed by atoms with Gasteiger partial charge in [0.2, 0.25) is 0 Å². The molecule has 0 aromatic heterocycles. The molecule has 2 aromatic rings. The zero-order valence-electron chi connectivity index (χ0n) is 16.7. The van der Waals surface area contributed by atoms with E-state index in [1.54, 1.807) is 50.2 Å². The fourth-order valence-corrected chi connectivity index (χ4v) is 2.81. The Bertz CT molecular complexity index is 916. The van der Waals surface area contributed by atoms with Crippen LogP contribution in [0.1, 0.15) is 24.2 Å². The molecule has 1 atom stereocenters. The number of hydrogen-bond donors (Lipinski definition) is 2. The van der Waals surface area contributed by atoms with E-state index >= 15 is 0 Å². The number of hydrogen-bond acceptors (Lipinski definition) is 5. The molecular weight excluding hydrogens is 431 g/mol. The van der Waals surface area contributed by atoms with Crippen LogP contribution in [0.15, 0.2) is 42.5 Å². The van der Waals surface area contributed by atoms with E-state index in [1.165, 1.54) is 13.2 Å². The summed E-state index contributed by atoms with van der Waals surface area (Å²) in [7, 11) is 1.45. The molecule has 0 spiro atoms. The van der Waals surface area contributed by atoms with Gasteiger partial charge in [-0.2, -0.15) is 0 Å². The number of methoxy groups -OCH3 is 1. The van der Waals surface area contributed by atoms with Gasteiger partial charge in [-0.25, -0.2) is 4.79 Å². The molecule has 30 heavy (non-hydrogen) atoms. The number of esters is 1. The molecule has 2 amide bonds. The molecule has 0 radical (unpaired) electrons. The van der Waals surface area contributed by atoms with Crippen LogP contribution in [0.25, 0.3) is 0 Å². The molecular formula is C21H22Cl2N2O5. The van der Waals surface area contributed by atoms with Gasteiger partial charge < -0.3 is 20.1 Å². The Balaban J connectivity index is 1.96. The Hall–Kier alpha value is -2.77. The Labute approximate surface area is 184 Å². The van der Waals surface area contributed by atoms with Gasteiger partial charge in [0.1, 0.15) is 11.8 Å². The maximum atomic E-state index is 12.5. The summed E-state index contributed by atoms with van der Waals surface area (Å²) in [6.45, 7) is 2.98. The van der Waals surface area contributed by atoms with Gasteiger partial charge in [-0.15, -0.1) is 0 Å². The Kier molecular flexibility index (Phi) is 8.50. The van der Waals surface area contributed by atoms with Crippen molar-refractivity contribution in [2.75, 3.05) is 19.0 Å². The van der Waals surface area contributed by atoms with E-state index in [9.17, 15) is 14.4 Å². The fraction of sp³-hybridized carbons (Fsp3) is 0.286. The predicted molar refractivity (Wildman–Crippen MR) is 115 cm³/mol. The average molecular weight is 453 g/mol. The minimum atomic E-state index is -0.929. The monoisotopic (exact) mass is 452 g/mol. The van der Waals surface area contributed by atoms with E-state index in [-0.39, 0.29) is 5.92 Å². The Morgan fingerprint density at radius 3 is 2.23 bits per heavy atom. The first-order chi connectivity index (χ1) is 14.2. The number of carbonyl (C=O) groups is 3. The minimum absolute atomic E-state index is 0.259. The van der Waals surface area contributed by atoms with Crippen molar-refractivity contribution in [1.82, 2.24) is 5.32 Å². The first-order valence-corrected chi connectivity index (χ1v) is 9.83. The van der Waals surface area contributed by atoms with Crippen LogP contribution >= 0.6 is 23.2 Å². The summed E-state index contributed by atoms with van der Waals surface area (Å²) in [6, 6.07) is 10.1. The zero-order chi connectivity index (χ0) is 22.3. The highest BCUT2D eigenvalue weighted by atomic mass is 35.5. The highest BCUT2D eigenvalue weighted by Crippen LogP contribution is 2.27. The fourth-order valence-electron chi connectivity index (χ4n) is 2.51. The second-order valence-corrected chi connectivity index (χ2v) is 7.58. The second-order valence-electron chi connectivity index (χ2n) is 6.70. The quantitative estimate of drug-likeness (QED) is 0.591. The van der Waals surface area contributed by atoms with Crippen molar-refractivity contribution in [1.29, 1.82) is 0 Å². The summed E-state index contributed by atoms with van der Waals surface area (Å²) in [5.74, 6) is -1.59. The number of benzene rings is 2. The van der Waals surface area contributed by atoms with Crippen LogP contribution in [0.4, 0.5) is 5.69 Å². The van der Waals surface area contributed by atoms with Crippen LogP contribution in [-0.2, 0) is 14.3 Å². The highest BCUT2D eigenvalue weighted by Gasteiger charge is 2.27. The molecule has 160 valence electrons. The van der Waals surface area contributed by atoms with Gasteiger partial charge in [-0.05, 0) is 48.4 Å². The number of nitrogens with one attached hydrogen (secondary N) is 2. The van der Waals surface area contributed by atoms with Gasteiger partial charge in [0.25, 0.3) is 11.8 Å². The Morgan fingerprint density at radius 2 is 1.63 bits per heavy atom. The van der Waals surface area contributed by atoms with Gasteiger partial charge in [0.15, 0.2) is 6.61 Å². The van der Waals surface area contributed by atoms with Gasteiger partial charge in [-0.1, -0.05) is 37.0 Å². The van der Waals surface area contributed by atoms with E-state index in [0.29, 0.717) is 27.0 Å². The summed E-state index contributed by atoms with van der Waals surface area (Å²) < 4.78 is 10.3. The molecule has 9 heteroatoms. The lowest BCUT2D eigenvalue weighted by Crippen LogP contribution is -2.45. The molecule has 0 aliphatic carbocycles. The van der Waals surface area contributed by atoms with Crippen molar-refractivity contribution >= 4 is 46.7 Å².